The smallest absolute Gasteiger partial charge is 0.236 e. The molecule has 0 aromatic heterocycles. The summed E-state index contributed by atoms with van der Waals surface area (Å²) in [5.41, 5.74) is 5.66. The van der Waals surface area contributed by atoms with Crippen molar-refractivity contribution in [3.8, 4) is 0 Å². The molecule has 0 radical (unpaired) electrons. The maximum atomic E-state index is 11.8. The molecule has 0 aromatic carbocycles. The van der Waals surface area contributed by atoms with Gasteiger partial charge in [-0.05, 0) is 6.42 Å². The van der Waals surface area contributed by atoms with Gasteiger partial charge in [0, 0.05) is 26.1 Å². The predicted molar refractivity (Wildman–Crippen MR) is 67.9 cm³/mol. The normalized spacial score (nSPS) is 17.3. The molecule has 0 saturated carbocycles. The highest BCUT2D eigenvalue weighted by atomic mass is 16.5. The summed E-state index contributed by atoms with van der Waals surface area (Å²) < 4.78 is 5.17. The number of carbonyl (C=O) groups excluding carboxylic acids is 2. The van der Waals surface area contributed by atoms with Crippen LogP contribution in [0.15, 0.2) is 0 Å². The minimum atomic E-state index is -0.464. The van der Waals surface area contributed by atoms with E-state index in [4.69, 9.17) is 10.5 Å². The summed E-state index contributed by atoms with van der Waals surface area (Å²) in [7, 11) is 0. The minimum Gasteiger partial charge on any atom is -0.378 e. The van der Waals surface area contributed by atoms with E-state index < -0.39 is 6.04 Å². The Morgan fingerprint density at radius 1 is 1.39 bits per heavy atom. The van der Waals surface area contributed by atoms with Crippen LogP contribution in [0.25, 0.3) is 0 Å². The maximum Gasteiger partial charge on any atom is 0.236 e. The fourth-order valence-electron chi connectivity index (χ4n) is 1.84. The second-order valence-electron chi connectivity index (χ2n) is 4.43. The summed E-state index contributed by atoms with van der Waals surface area (Å²) >= 11 is 0. The molecule has 0 aliphatic carbocycles. The van der Waals surface area contributed by atoms with E-state index >= 15 is 0 Å². The topological polar surface area (TPSA) is 84.7 Å². The van der Waals surface area contributed by atoms with Crippen LogP contribution in [-0.2, 0) is 14.3 Å². The Morgan fingerprint density at radius 3 is 2.67 bits per heavy atom. The molecule has 1 aliphatic heterocycles. The van der Waals surface area contributed by atoms with Gasteiger partial charge < -0.3 is 20.7 Å². The lowest BCUT2D eigenvalue weighted by Gasteiger charge is -2.26. The molecule has 0 unspecified atom stereocenters. The zero-order valence-electron chi connectivity index (χ0n) is 11.0. The van der Waals surface area contributed by atoms with Gasteiger partial charge in [0.2, 0.25) is 11.8 Å². The van der Waals surface area contributed by atoms with Crippen molar-refractivity contribution in [1.29, 1.82) is 0 Å². The Hall–Kier alpha value is -1.14. The Labute approximate surface area is 108 Å². The lowest BCUT2D eigenvalue weighted by Crippen LogP contribution is -2.44. The zero-order chi connectivity index (χ0) is 13.4. The average Bonchev–Trinajstić information content (AvgIpc) is 2.39. The first kappa shape index (κ1) is 14.9. The Balaban J connectivity index is 2.16. The summed E-state index contributed by atoms with van der Waals surface area (Å²) in [5, 5.41) is 2.69. The maximum absolute atomic E-state index is 11.8. The molecule has 2 amide bonds. The molecule has 0 aromatic rings. The molecule has 6 heteroatoms. The highest BCUT2D eigenvalue weighted by Gasteiger charge is 2.17. The first-order chi connectivity index (χ1) is 8.65. The highest BCUT2D eigenvalue weighted by molar-refractivity contribution is 5.82. The lowest BCUT2D eigenvalue weighted by molar-refractivity contribution is -0.135. The van der Waals surface area contributed by atoms with Crippen LogP contribution in [0.2, 0.25) is 0 Å². The van der Waals surface area contributed by atoms with Crippen LogP contribution in [0.5, 0.6) is 0 Å². The van der Waals surface area contributed by atoms with Crippen molar-refractivity contribution in [1.82, 2.24) is 10.2 Å². The van der Waals surface area contributed by atoms with E-state index in [0.29, 0.717) is 45.7 Å². The Kier molecular flexibility index (Phi) is 6.67. The summed E-state index contributed by atoms with van der Waals surface area (Å²) in [6.45, 7) is 4.81. The van der Waals surface area contributed by atoms with E-state index in [-0.39, 0.29) is 11.8 Å². The van der Waals surface area contributed by atoms with Gasteiger partial charge in [0.05, 0.1) is 19.3 Å². The molecule has 1 atom stereocenters. The molecule has 3 N–H and O–H groups in total. The first-order valence-electron chi connectivity index (χ1n) is 6.54. The van der Waals surface area contributed by atoms with Gasteiger partial charge in [-0.2, -0.15) is 0 Å². The number of ether oxygens (including phenoxy) is 1. The first-order valence-corrected chi connectivity index (χ1v) is 6.54. The third kappa shape index (κ3) is 5.01. The van der Waals surface area contributed by atoms with Crippen molar-refractivity contribution in [2.45, 2.75) is 32.2 Å². The van der Waals surface area contributed by atoms with Crippen molar-refractivity contribution in [3.63, 3.8) is 0 Å². The van der Waals surface area contributed by atoms with E-state index in [0.717, 1.165) is 6.42 Å². The van der Waals surface area contributed by atoms with E-state index in [1.54, 1.807) is 4.90 Å². The second kappa shape index (κ2) is 8.05. The highest BCUT2D eigenvalue weighted by Crippen LogP contribution is 1.99. The molecule has 1 rings (SSSR count). The van der Waals surface area contributed by atoms with Crippen LogP contribution in [0.1, 0.15) is 26.2 Å². The number of hydrogen-bond donors (Lipinski definition) is 2. The Bertz CT molecular complexity index is 278. The van der Waals surface area contributed by atoms with Crippen molar-refractivity contribution in [2.24, 2.45) is 5.73 Å². The van der Waals surface area contributed by atoms with Crippen LogP contribution < -0.4 is 11.1 Å². The van der Waals surface area contributed by atoms with Crippen molar-refractivity contribution in [2.75, 3.05) is 32.8 Å². The zero-order valence-corrected chi connectivity index (χ0v) is 11.0. The van der Waals surface area contributed by atoms with Gasteiger partial charge >= 0.3 is 0 Å². The van der Waals surface area contributed by atoms with Gasteiger partial charge in [0.25, 0.3) is 0 Å². The Morgan fingerprint density at radius 2 is 2.06 bits per heavy atom. The molecule has 18 heavy (non-hydrogen) atoms. The SMILES string of the molecule is CCC[C@H](N)C(=O)NCCC(=O)N1CCOCC1. The van der Waals surface area contributed by atoms with Crippen LogP contribution in [0.4, 0.5) is 0 Å². The van der Waals surface area contributed by atoms with Crippen LogP contribution in [-0.4, -0.2) is 55.6 Å². The fourth-order valence-corrected chi connectivity index (χ4v) is 1.84. The summed E-state index contributed by atoms with van der Waals surface area (Å²) in [6, 6.07) is -0.464. The van der Waals surface area contributed by atoms with Crippen molar-refractivity contribution in [3.05, 3.63) is 0 Å². The van der Waals surface area contributed by atoms with Gasteiger partial charge in [-0.3, -0.25) is 9.59 Å². The van der Waals surface area contributed by atoms with Crippen LogP contribution in [0, 0.1) is 0 Å². The largest absolute Gasteiger partial charge is 0.378 e. The van der Waals surface area contributed by atoms with Crippen LogP contribution in [0.3, 0.4) is 0 Å². The van der Waals surface area contributed by atoms with Gasteiger partial charge in [-0.15, -0.1) is 0 Å². The number of hydrogen-bond acceptors (Lipinski definition) is 4. The van der Waals surface area contributed by atoms with Crippen molar-refractivity contribution < 1.29 is 14.3 Å². The van der Waals surface area contributed by atoms with E-state index in [2.05, 4.69) is 5.32 Å². The molecule has 0 spiro atoms. The molecule has 1 saturated heterocycles. The van der Waals surface area contributed by atoms with E-state index in [9.17, 15) is 9.59 Å². The number of nitrogens with zero attached hydrogens (tertiary/aromatic N) is 1. The number of morpholine rings is 1. The van der Waals surface area contributed by atoms with Gasteiger partial charge in [0.15, 0.2) is 0 Å². The number of rotatable bonds is 6. The summed E-state index contributed by atoms with van der Waals surface area (Å²) in [6.07, 6.45) is 1.87. The lowest BCUT2D eigenvalue weighted by atomic mass is 10.1. The van der Waals surface area contributed by atoms with Gasteiger partial charge in [0.1, 0.15) is 0 Å². The quantitative estimate of drug-likeness (QED) is 0.670. The average molecular weight is 257 g/mol. The monoisotopic (exact) mass is 257 g/mol. The summed E-state index contributed by atoms with van der Waals surface area (Å²) in [5.74, 6) is -0.116. The second-order valence-corrected chi connectivity index (χ2v) is 4.43. The number of amides is 2. The van der Waals surface area contributed by atoms with Gasteiger partial charge in [-0.25, -0.2) is 0 Å². The standard InChI is InChI=1S/C12H23N3O3/c1-2-3-10(13)12(17)14-5-4-11(16)15-6-8-18-9-7-15/h10H,2-9,13H2,1H3,(H,14,17)/t10-/m0/s1. The number of nitrogens with one attached hydrogen (secondary N) is 1. The van der Waals surface area contributed by atoms with Crippen molar-refractivity contribution >= 4 is 11.8 Å². The van der Waals surface area contributed by atoms with Gasteiger partial charge in [-0.1, -0.05) is 13.3 Å². The summed E-state index contributed by atoms with van der Waals surface area (Å²) in [4.78, 5) is 25.0. The molecule has 0 bridgehead atoms. The fraction of sp³-hybridized carbons (Fsp3) is 0.833. The molecule has 1 heterocycles. The third-order valence-electron chi connectivity index (χ3n) is 2.94. The molecular formula is C12H23N3O3. The number of nitrogens with two attached hydrogens (primary N) is 1. The molecular weight excluding hydrogens is 234 g/mol. The predicted octanol–water partition coefficient (Wildman–Crippen LogP) is -0.521. The minimum absolute atomic E-state index is 0.0580. The molecule has 6 nitrogen and oxygen atoms in total. The van der Waals surface area contributed by atoms with E-state index in [1.165, 1.54) is 0 Å². The van der Waals surface area contributed by atoms with Crippen LogP contribution >= 0.6 is 0 Å². The molecule has 104 valence electrons. The molecule has 1 fully saturated rings. The number of carbonyl (C=O) groups is 2. The van der Waals surface area contributed by atoms with E-state index in [1.807, 2.05) is 6.92 Å². The third-order valence-corrected chi connectivity index (χ3v) is 2.94. The molecule has 1 aliphatic rings.